The van der Waals surface area contributed by atoms with E-state index >= 15 is 0 Å². The predicted octanol–water partition coefficient (Wildman–Crippen LogP) is 2.26. The molecule has 3 rings (SSSR count). The molecular weight excluding hydrogens is 321 g/mol. The lowest BCUT2D eigenvalue weighted by Crippen LogP contribution is -2.48. The Morgan fingerprint density at radius 3 is 2.52 bits per heavy atom. The summed E-state index contributed by atoms with van der Waals surface area (Å²) in [4.78, 5) is 4.30. The molecule has 1 fully saturated rings. The first kappa shape index (κ1) is 16.1. The minimum Gasteiger partial charge on any atom is -0.339 e. The summed E-state index contributed by atoms with van der Waals surface area (Å²) < 4.78 is 44.1. The molecule has 1 aliphatic heterocycles. The molecule has 0 radical (unpaired) electrons. The zero-order valence-electron chi connectivity index (χ0n) is 12.9. The molecule has 0 saturated carbocycles. The monoisotopic (exact) mass is 339 g/mol. The van der Waals surface area contributed by atoms with Gasteiger partial charge in [-0.1, -0.05) is 31.1 Å². The first-order valence-corrected chi connectivity index (χ1v) is 9.02. The lowest BCUT2D eigenvalue weighted by atomic mass is 10.0. The average Bonchev–Trinajstić information content (AvgIpc) is 2.89. The van der Waals surface area contributed by atoms with Crippen LogP contribution in [0.25, 0.3) is 0 Å². The molecule has 1 saturated heterocycles. The van der Waals surface area contributed by atoms with Crippen LogP contribution in [0.1, 0.15) is 43.0 Å². The molecule has 0 aliphatic carbocycles. The van der Waals surface area contributed by atoms with Gasteiger partial charge in [0, 0.05) is 19.0 Å². The van der Waals surface area contributed by atoms with Crippen molar-refractivity contribution in [2.75, 3.05) is 13.1 Å². The maximum atomic E-state index is 12.9. The molecular formula is C15H18FN3O3S. The summed E-state index contributed by atoms with van der Waals surface area (Å²) in [7, 11) is -3.42. The number of nitrogens with zero attached hydrogens (tertiary/aromatic N) is 3. The zero-order chi connectivity index (χ0) is 16.6. The SMILES string of the molecule is CC(C)c1noc(C2CN(S(=O)(=O)Cc3ccc(F)cc3)C2)n1. The fraction of sp³-hybridized carbons (Fsp3) is 0.467. The van der Waals surface area contributed by atoms with Gasteiger partial charge in [-0.3, -0.25) is 0 Å². The minimum absolute atomic E-state index is 0.0574. The van der Waals surface area contributed by atoms with Gasteiger partial charge >= 0.3 is 0 Å². The Hall–Kier alpha value is -1.80. The van der Waals surface area contributed by atoms with Gasteiger partial charge in [0.05, 0.1) is 11.7 Å². The average molecular weight is 339 g/mol. The normalized spacial score (nSPS) is 16.7. The third-order valence-electron chi connectivity index (χ3n) is 3.83. The highest BCUT2D eigenvalue weighted by molar-refractivity contribution is 7.88. The Kier molecular flexibility index (Phi) is 4.20. The highest BCUT2D eigenvalue weighted by Crippen LogP contribution is 2.30. The van der Waals surface area contributed by atoms with Gasteiger partial charge in [-0.2, -0.15) is 9.29 Å². The quantitative estimate of drug-likeness (QED) is 0.835. The van der Waals surface area contributed by atoms with Crippen LogP contribution in [-0.4, -0.2) is 36.0 Å². The number of benzene rings is 1. The second-order valence-electron chi connectivity index (χ2n) is 6.04. The fourth-order valence-electron chi connectivity index (χ4n) is 2.35. The highest BCUT2D eigenvalue weighted by Gasteiger charge is 2.39. The lowest BCUT2D eigenvalue weighted by molar-refractivity contribution is 0.216. The third kappa shape index (κ3) is 3.42. The summed E-state index contributed by atoms with van der Waals surface area (Å²) in [6, 6.07) is 5.49. The Labute approximate surface area is 134 Å². The number of aromatic nitrogens is 2. The number of sulfonamides is 1. The molecule has 2 aromatic rings. The molecule has 0 spiro atoms. The molecule has 0 bridgehead atoms. The largest absolute Gasteiger partial charge is 0.339 e. The van der Waals surface area contributed by atoms with Crippen LogP contribution in [-0.2, 0) is 15.8 Å². The van der Waals surface area contributed by atoms with Gasteiger partial charge in [0.2, 0.25) is 15.9 Å². The van der Waals surface area contributed by atoms with E-state index in [1.54, 1.807) is 0 Å². The van der Waals surface area contributed by atoms with E-state index in [2.05, 4.69) is 10.1 Å². The van der Waals surface area contributed by atoms with E-state index in [0.717, 1.165) is 0 Å². The van der Waals surface area contributed by atoms with Crippen molar-refractivity contribution in [3.05, 3.63) is 47.4 Å². The van der Waals surface area contributed by atoms with Gasteiger partial charge < -0.3 is 4.52 Å². The Bertz CT molecular complexity index is 781. The van der Waals surface area contributed by atoms with Crippen LogP contribution in [0, 0.1) is 5.82 Å². The van der Waals surface area contributed by atoms with Crippen LogP contribution >= 0.6 is 0 Å². The Balaban J connectivity index is 1.62. The lowest BCUT2D eigenvalue weighted by Gasteiger charge is -2.35. The number of hydrogen-bond acceptors (Lipinski definition) is 5. The van der Waals surface area contributed by atoms with Crippen molar-refractivity contribution in [3.63, 3.8) is 0 Å². The van der Waals surface area contributed by atoms with E-state index < -0.39 is 10.0 Å². The third-order valence-corrected chi connectivity index (χ3v) is 5.61. The van der Waals surface area contributed by atoms with Gasteiger partial charge in [0.25, 0.3) is 0 Å². The molecule has 8 heteroatoms. The second-order valence-corrected chi connectivity index (χ2v) is 8.01. The molecule has 23 heavy (non-hydrogen) atoms. The van der Waals surface area contributed by atoms with Crippen LogP contribution < -0.4 is 0 Å². The molecule has 1 aromatic heterocycles. The van der Waals surface area contributed by atoms with Crippen molar-refractivity contribution in [2.24, 2.45) is 0 Å². The summed E-state index contributed by atoms with van der Waals surface area (Å²) in [6.07, 6.45) is 0. The number of halogens is 1. The van der Waals surface area contributed by atoms with Crippen molar-refractivity contribution in [2.45, 2.75) is 31.4 Å². The molecule has 6 nitrogen and oxygen atoms in total. The molecule has 1 aliphatic rings. The Morgan fingerprint density at radius 1 is 1.30 bits per heavy atom. The minimum atomic E-state index is -3.42. The van der Waals surface area contributed by atoms with E-state index in [0.29, 0.717) is 30.4 Å². The van der Waals surface area contributed by atoms with E-state index in [9.17, 15) is 12.8 Å². The zero-order valence-corrected chi connectivity index (χ0v) is 13.8. The summed E-state index contributed by atoms with van der Waals surface area (Å²) in [6.45, 7) is 4.61. The van der Waals surface area contributed by atoms with Gasteiger partial charge in [-0.25, -0.2) is 12.8 Å². The molecule has 124 valence electrons. The van der Waals surface area contributed by atoms with Gasteiger partial charge in [0.15, 0.2) is 5.82 Å². The van der Waals surface area contributed by atoms with E-state index in [4.69, 9.17) is 4.52 Å². The smallest absolute Gasteiger partial charge is 0.232 e. The first-order chi connectivity index (χ1) is 10.8. The standard InChI is InChI=1S/C15H18FN3O3S/c1-10(2)14-17-15(22-18-14)12-7-19(8-12)23(20,21)9-11-3-5-13(16)6-4-11/h3-6,10,12H,7-9H2,1-2H3. The fourth-order valence-corrected chi connectivity index (χ4v) is 3.96. The van der Waals surface area contributed by atoms with E-state index in [1.165, 1.54) is 28.6 Å². The predicted molar refractivity (Wildman–Crippen MR) is 81.7 cm³/mol. The van der Waals surface area contributed by atoms with Crippen LogP contribution in [0.4, 0.5) is 4.39 Å². The van der Waals surface area contributed by atoms with Crippen LogP contribution in [0.5, 0.6) is 0 Å². The maximum absolute atomic E-state index is 12.9. The van der Waals surface area contributed by atoms with Crippen LogP contribution in [0.15, 0.2) is 28.8 Å². The number of hydrogen-bond donors (Lipinski definition) is 0. The highest BCUT2D eigenvalue weighted by atomic mass is 32.2. The summed E-state index contributed by atoms with van der Waals surface area (Å²) >= 11 is 0. The van der Waals surface area contributed by atoms with Crippen LogP contribution in [0.3, 0.4) is 0 Å². The van der Waals surface area contributed by atoms with Crippen molar-refractivity contribution in [1.82, 2.24) is 14.4 Å². The molecule has 0 unspecified atom stereocenters. The summed E-state index contributed by atoms with van der Waals surface area (Å²) in [5.74, 6) is 0.715. The molecule has 0 amide bonds. The van der Waals surface area contributed by atoms with Gasteiger partial charge in [0.1, 0.15) is 5.82 Å². The van der Waals surface area contributed by atoms with E-state index in [1.807, 2.05) is 13.8 Å². The van der Waals surface area contributed by atoms with Crippen molar-refractivity contribution in [1.29, 1.82) is 0 Å². The van der Waals surface area contributed by atoms with Crippen molar-refractivity contribution >= 4 is 10.0 Å². The Morgan fingerprint density at radius 2 is 1.96 bits per heavy atom. The molecule has 0 atom stereocenters. The first-order valence-electron chi connectivity index (χ1n) is 7.41. The van der Waals surface area contributed by atoms with Crippen molar-refractivity contribution in [3.8, 4) is 0 Å². The second kappa shape index (κ2) is 6.01. The maximum Gasteiger partial charge on any atom is 0.232 e. The summed E-state index contributed by atoms with van der Waals surface area (Å²) in [5.41, 5.74) is 0.565. The van der Waals surface area contributed by atoms with E-state index in [-0.39, 0.29) is 23.4 Å². The van der Waals surface area contributed by atoms with Crippen LogP contribution in [0.2, 0.25) is 0 Å². The number of rotatable bonds is 5. The molecule has 2 heterocycles. The molecule has 1 aromatic carbocycles. The van der Waals surface area contributed by atoms with Crippen molar-refractivity contribution < 1.29 is 17.3 Å². The summed E-state index contributed by atoms with van der Waals surface area (Å²) in [5, 5.41) is 3.89. The molecule has 0 N–H and O–H groups in total. The van der Waals surface area contributed by atoms with Gasteiger partial charge in [-0.05, 0) is 17.7 Å². The van der Waals surface area contributed by atoms with Gasteiger partial charge in [-0.15, -0.1) is 0 Å². The topological polar surface area (TPSA) is 76.3 Å².